The number of hydrogen-bond acceptors (Lipinski definition) is 4. The summed E-state index contributed by atoms with van der Waals surface area (Å²) in [4.78, 5) is 25.4. The molecule has 0 aromatic carbocycles. The molecule has 1 aromatic heterocycles. The molecule has 0 aliphatic carbocycles. The highest BCUT2D eigenvalue weighted by Gasteiger charge is 2.06. The number of pyridine rings is 1. The van der Waals surface area contributed by atoms with Gasteiger partial charge in [0.1, 0.15) is 24.0 Å². The van der Waals surface area contributed by atoms with Crippen LogP contribution in [0.15, 0.2) is 18.3 Å². The van der Waals surface area contributed by atoms with Crippen LogP contribution < -0.4 is 0 Å². The highest BCUT2D eigenvalue weighted by molar-refractivity contribution is 6.29. The standard InChI is InChI=1S/C10H10ClNO3/c1-7(13)4-10(14)15-6-8-2-3-12-9(11)5-8/h2-3,5H,4,6H2,1H3. The maximum Gasteiger partial charge on any atom is 0.313 e. The van der Waals surface area contributed by atoms with Gasteiger partial charge >= 0.3 is 5.97 Å². The zero-order chi connectivity index (χ0) is 11.3. The Morgan fingerprint density at radius 2 is 2.27 bits per heavy atom. The van der Waals surface area contributed by atoms with Gasteiger partial charge in [0.2, 0.25) is 0 Å². The summed E-state index contributed by atoms with van der Waals surface area (Å²) in [6.45, 7) is 1.44. The van der Waals surface area contributed by atoms with Gasteiger partial charge in [0, 0.05) is 6.20 Å². The number of hydrogen-bond donors (Lipinski definition) is 0. The minimum Gasteiger partial charge on any atom is -0.460 e. The molecule has 0 unspecified atom stereocenters. The first-order valence-corrected chi connectivity index (χ1v) is 4.71. The van der Waals surface area contributed by atoms with Crippen LogP contribution in [0, 0.1) is 0 Å². The third-order valence-corrected chi connectivity index (χ3v) is 1.79. The largest absolute Gasteiger partial charge is 0.460 e. The molecule has 4 nitrogen and oxygen atoms in total. The average Bonchev–Trinajstić information content (AvgIpc) is 2.14. The fourth-order valence-corrected chi connectivity index (χ4v) is 1.15. The molecule has 0 bridgehead atoms. The van der Waals surface area contributed by atoms with Crippen molar-refractivity contribution in [1.29, 1.82) is 0 Å². The molecule has 0 amide bonds. The number of carbonyl (C=O) groups is 2. The molecule has 5 heteroatoms. The summed E-state index contributed by atoms with van der Waals surface area (Å²) >= 11 is 5.64. The average molecular weight is 228 g/mol. The molecule has 1 aromatic rings. The monoisotopic (exact) mass is 227 g/mol. The molecule has 1 heterocycles. The lowest BCUT2D eigenvalue weighted by Gasteiger charge is -2.03. The van der Waals surface area contributed by atoms with Gasteiger partial charge in [0.25, 0.3) is 0 Å². The van der Waals surface area contributed by atoms with E-state index in [0.717, 1.165) is 5.56 Å². The van der Waals surface area contributed by atoms with Crippen molar-refractivity contribution < 1.29 is 14.3 Å². The second kappa shape index (κ2) is 5.46. The SMILES string of the molecule is CC(=O)CC(=O)OCc1ccnc(Cl)c1. The van der Waals surface area contributed by atoms with Crippen molar-refractivity contribution >= 4 is 23.4 Å². The van der Waals surface area contributed by atoms with Gasteiger partial charge in [-0.05, 0) is 24.6 Å². The second-order valence-electron chi connectivity index (χ2n) is 3.03. The van der Waals surface area contributed by atoms with Crippen LogP contribution in [0.25, 0.3) is 0 Å². The van der Waals surface area contributed by atoms with Crippen LogP contribution in [-0.2, 0) is 20.9 Å². The summed E-state index contributed by atoms with van der Waals surface area (Å²) in [6, 6.07) is 3.29. The number of rotatable bonds is 4. The summed E-state index contributed by atoms with van der Waals surface area (Å²) in [7, 11) is 0. The normalized spacial score (nSPS) is 9.73. The van der Waals surface area contributed by atoms with Crippen LogP contribution in [0.5, 0.6) is 0 Å². The molecule has 0 atom stereocenters. The Labute approximate surface area is 92.2 Å². The molecule has 15 heavy (non-hydrogen) atoms. The smallest absolute Gasteiger partial charge is 0.313 e. The van der Waals surface area contributed by atoms with E-state index in [1.54, 1.807) is 12.1 Å². The van der Waals surface area contributed by atoms with Gasteiger partial charge in [0.05, 0.1) is 0 Å². The molecule has 0 fully saturated rings. The van der Waals surface area contributed by atoms with Crippen molar-refractivity contribution in [2.45, 2.75) is 20.0 Å². The Hall–Kier alpha value is -1.42. The van der Waals surface area contributed by atoms with Crippen molar-refractivity contribution in [3.8, 4) is 0 Å². The zero-order valence-corrected chi connectivity index (χ0v) is 8.95. The lowest BCUT2D eigenvalue weighted by molar-refractivity contribution is -0.146. The number of nitrogens with zero attached hydrogens (tertiary/aromatic N) is 1. The molecule has 0 saturated heterocycles. The van der Waals surface area contributed by atoms with E-state index in [1.165, 1.54) is 13.1 Å². The van der Waals surface area contributed by atoms with E-state index in [4.69, 9.17) is 16.3 Å². The van der Waals surface area contributed by atoms with Crippen molar-refractivity contribution in [2.24, 2.45) is 0 Å². The van der Waals surface area contributed by atoms with E-state index < -0.39 is 5.97 Å². The first-order valence-electron chi connectivity index (χ1n) is 4.33. The number of halogens is 1. The number of ketones is 1. The third-order valence-electron chi connectivity index (χ3n) is 1.58. The Morgan fingerprint density at radius 1 is 1.53 bits per heavy atom. The number of carbonyl (C=O) groups excluding carboxylic acids is 2. The molecule has 0 radical (unpaired) electrons. The Bertz CT molecular complexity index is 379. The molecule has 0 N–H and O–H groups in total. The Balaban J connectivity index is 2.43. The molecular weight excluding hydrogens is 218 g/mol. The van der Waals surface area contributed by atoms with Crippen LogP contribution in [-0.4, -0.2) is 16.7 Å². The summed E-state index contributed by atoms with van der Waals surface area (Å²) in [5.41, 5.74) is 0.743. The van der Waals surface area contributed by atoms with E-state index in [1.807, 2.05) is 0 Å². The predicted octanol–water partition coefficient (Wildman–Crippen LogP) is 1.76. The number of Topliss-reactive ketones (excluding diaryl/α,β-unsaturated/α-hetero) is 1. The molecule has 1 rings (SSSR count). The quantitative estimate of drug-likeness (QED) is 0.447. The predicted molar refractivity (Wildman–Crippen MR) is 54.3 cm³/mol. The van der Waals surface area contributed by atoms with Gasteiger partial charge in [-0.2, -0.15) is 0 Å². The summed E-state index contributed by atoms with van der Waals surface area (Å²) in [5.74, 6) is -0.747. The topological polar surface area (TPSA) is 56.3 Å². The van der Waals surface area contributed by atoms with E-state index in [9.17, 15) is 9.59 Å². The lowest BCUT2D eigenvalue weighted by atomic mass is 10.3. The minimum atomic E-state index is -0.532. The van der Waals surface area contributed by atoms with Crippen LogP contribution in [0.2, 0.25) is 5.15 Å². The van der Waals surface area contributed by atoms with Gasteiger partial charge in [-0.15, -0.1) is 0 Å². The van der Waals surface area contributed by atoms with Crippen molar-refractivity contribution in [2.75, 3.05) is 0 Å². The van der Waals surface area contributed by atoms with Gasteiger partial charge in [-0.25, -0.2) is 4.98 Å². The second-order valence-corrected chi connectivity index (χ2v) is 3.41. The van der Waals surface area contributed by atoms with Crippen molar-refractivity contribution in [1.82, 2.24) is 4.98 Å². The maximum atomic E-state index is 11.0. The summed E-state index contributed by atoms with van der Waals surface area (Å²) in [6.07, 6.45) is 1.33. The maximum absolute atomic E-state index is 11.0. The highest BCUT2D eigenvalue weighted by Crippen LogP contribution is 2.08. The molecule has 0 aliphatic heterocycles. The van der Waals surface area contributed by atoms with Crippen LogP contribution in [0.3, 0.4) is 0 Å². The van der Waals surface area contributed by atoms with Crippen molar-refractivity contribution in [3.63, 3.8) is 0 Å². The lowest BCUT2D eigenvalue weighted by Crippen LogP contribution is -2.08. The van der Waals surface area contributed by atoms with Gasteiger partial charge in [-0.1, -0.05) is 11.6 Å². The molecule has 0 saturated carbocycles. The van der Waals surface area contributed by atoms with Gasteiger partial charge in [0.15, 0.2) is 0 Å². The van der Waals surface area contributed by atoms with E-state index in [2.05, 4.69) is 4.98 Å². The molecule has 0 aliphatic rings. The zero-order valence-electron chi connectivity index (χ0n) is 8.20. The van der Waals surface area contributed by atoms with Gasteiger partial charge < -0.3 is 4.74 Å². The molecule has 0 spiro atoms. The van der Waals surface area contributed by atoms with E-state index >= 15 is 0 Å². The first-order chi connectivity index (χ1) is 7.08. The fraction of sp³-hybridized carbons (Fsp3) is 0.300. The van der Waals surface area contributed by atoms with E-state index in [-0.39, 0.29) is 18.8 Å². The van der Waals surface area contributed by atoms with Crippen LogP contribution >= 0.6 is 11.6 Å². The number of aromatic nitrogens is 1. The molecule has 80 valence electrons. The van der Waals surface area contributed by atoms with Crippen LogP contribution in [0.4, 0.5) is 0 Å². The fourth-order valence-electron chi connectivity index (χ4n) is 0.950. The third kappa shape index (κ3) is 4.56. The Morgan fingerprint density at radius 3 is 2.87 bits per heavy atom. The highest BCUT2D eigenvalue weighted by atomic mass is 35.5. The Kier molecular flexibility index (Phi) is 4.24. The van der Waals surface area contributed by atoms with Gasteiger partial charge in [-0.3, -0.25) is 9.59 Å². The van der Waals surface area contributed by atoms with Crippen molar-refractivity contribution in [3.05, 3.63) is 29.0 Å². The first kappa shape index (κ1) is 11.7. The summed E-state index contributed by atoms with van der Waals surface area (Å²) < 4.78 is 4.85. The number of esters is 1. The molecular formula is C10H10ClNO3. The van der Waals surface area contributed by atoms with Crippen LogP contribution in [0.1, 0.15) is 18.9 Å². The number of ether oxygens (including phenoxy) is 1. The van der Waals surface area contributed by atoms with E-state index in [0.29, 0.717) is 5.15 Å². The minimum absolute atomic E-state index is 0.106. The summed E-state index contributed by atoms with van der Waals surface area (Å²) in [5, 5.41) is 0.343.